The molecule has 0 aromatic heterocycles. The van der Waals surface area contributed by atoms with Gasteiger partial charge in [-0.05, 0) is 43.0 Å². The molecule has 1 aliphatic carbocycles. The summed E-state index contributed by atoms with van der Waals surface area (Å²) in [6.07, 6.45) is 4.05. The van der Waals surface area contributed by atoms with E-state index in [1.807, 2.05) is 24.3 Å². The lowest BCUT2D eigenvalue weighted by Gasteiger charge is -2.43. The Bertz CT molecular complexity index is 761. The van der Waals surface area contributed by atoms with Crippen LogP contribution in [0.1, 0.15) is 43.5 Å². The van der Waals surface area contributed by atoms with Gasteiger partial charge in [0, 0.05) is 76.2 Å². The maximum absolute atomic E-state index is 12.8. The van der Waals surface area contributed by atoms with Crippen molar-refractivity contribution in [3.63, 3.8) is 0 Å². The number of nitrogens with one attached hydrogen (secondary N) is 1. The Morgan fingerprint density at radius 3 is 2.16 bits per heavy atom. The molecule has 2 aliphatic heterocycles. The average molecular weight is 442 g/mol. The highest BCUT2D eigenvalue weighted by Gasteiger charge is 2.30. The molecular weight excluding hydrogens is 402 g/mol. The minimum Gasteiger partial charge on any atom is -0.369 e. The number of nitrogens with zero attached hydrogens (tertiary/aromatic N) is 4. The summed E-state index contributed by atoms with van der Waals surface area (Å²) in [5, 5.41) is 2.96. The van der Waals surface area contributed by atoms with Crippen molar-refractivity contribution in [2.75, 3.05) is 70.3 Å². The zero-order valence-corrected chi connectivity index (χ0v) is 19.8. The molecule has 1 saturated carbocycles. The van der Waals surface area contributed by atoms with Gasteiger partial charge < -0.3 is 15.1 Å². The summed E-state index contributed by atoms with van der Waals surface area (Å²) in [7, 11) is 0. The number of carbonyl (C=O) groups is 2. The molecule has 0 radical (unpaired) electrons. The quantitative estimate of drug-likeness (QED) is 0.700. The van der Waals surface area contributed by atoms with Gasteiger partial charge in [-0.1, -0.05) is 20.3 Å². The van der Waals surface area contributed by atoms with Gasteiger partial charge in [-0.3, -0.25) is 19.4 Å². The van der Waals surface area contributed by atoms with Crippen molar-refractivity contribution in [1.82, 2.24) is 20.0 Å². The molecule has 3 fully saturated rings. The van der Waals surface area contributed by atoms with Gasteiger partial charge in [-0.15, -0.1) is 0 Å². The van der Waals surface area contributed by atoms with Crippen molar-refractivity contribution in [2.24, 2.45) is 5.92 Å². The standard InChI is InChI=1S/C25H39N5O2/c1-20(2)18-26-25(32)21-6-8-23(9-7-21)28-12-10-27(11-13-28)19-24(31)30-16-14-29(15-17-30)22-4-3-5-22/h6-9,20,22H,3-5,10-19H2,1-2H3,(H,26,32). The highest BCUT2D eigenvalue weighted by molar-refractivity contribution is 5.94. The van der Waals surface area contributed by atoms with Crippen molar-refractivity contribution in [1.29, 1.82) is 0 Å². The molecule has 3 aliphatic rings. The summed E-state index contributed by atoms with van der Waals surface area (Å²) in [4.78, 5) is 34.3. The van der Waals surface area contributed by atoms with Gasteiger partial charge in [0.15, 0.2) is 0 Å². The predicted octanol–water partition coefficient (Wildman–Crippen LogP) is 1.89. The Morgan fingerprint density at radius 1 is 0.938 bits per heavy atom. The zero-order chi connectivity index (χ0) is 22.5. The molecule has 1 N–H and O–H groups in total. The smallest absolute Gasteiger partial charge is 0.251 e. The lowest BCUT2D eigenvalue weighted by molar-refractivity contribution is -0.134. The fourth-order valence-corrected chi connectivity index (χ4v) is 4.77. The summed E-state index contributed by atoms with van der Waals surface area (Å²) in [6.45, 7) is 12.8. The molecule has 2 amide bonds. The monoisotopic (exact) mass is 441 g/mol. The minimum atomic E-state index is -0.0119. The number of anilines is 1. The van der Waals surface area contributed by atoms with E-state index in [4.69, 9.17) is 0 Å². The number of piperazine rings is 2. The van der Waals surface area contributed by atoms with E-state index < -0.39 is 0 Å². The van der Waals surface area contributed by atoms with Crippen molar-refractivity contribution < 1.29 is 9.59 Å². The molecule has 0 bridgehead atoms. The average Bonchev–Trinajstić information content (AvgIpc) is 2.77. The maximum Gasteiger partial charge on any atom is 0.251 e. The summed E-state index contributed by atoms with van der Waals surface area (Å²) in [5.41, 5.74) is 1.85. The van der Waals surface area contributed by atoms with Crippen molar-refractivity contribution in [3.8, 4) is 0 Å². The number of hydrogen-bond donors (Lipinski definition) is 1. The van der Waals surface area contributed by atoms with Gasteiger partial charge in [-0.25, -0.2) is 0 Å². The third-order valence-electron chi connectivity index (χ3n) is 7.15. The van der Waals surface area contributed by atoms with Crippen molar-refractivity contribution in [2.45, 2.75) is 39.2 Å². The minimum absolute atomic E-state index is 0.0119. The highest BCUT2D eigenvalue weighted by atomic mass is 16.2. The molecule has 0 atom stereocenters. The molecule has 7 heteroatoms. The molecule has 176 valence electrons. The highest BCUT2D eigenvalue weighted by Crippen LogP contribution is 2.25. The van der Waals surface area contributed by atoms with E-state index in [0.29, 0.717) is 24.6 Å². The zero-order valence-electron chi connectivity index (χ0n) is 19.8. The third kappa shape index (κ3) is 5.81. The van der Waals surface area contributed by atoms with E-state index in [-0.39, 0.29) is 11.8 Å². The molecule has 1 aromatic carbocycles. The second-order valence-electron chi connectivity index (χ2n) is 9.92. The molecule has 0 spiro atoms. The van der Waals surface area contributed by atoms with Gasteiger partial charge >= 0.3 is 0 Å². The summed E-state index contributed by atoms with van der Waals surface area (Å²) in [5.74, 6) is 0.712. The van der Waals surface area contributed by atoms with Gasteiger partial charge in [0.05, 0.1) is 6.54 Å². The topological polar surface area (TPSA) is 59.1 Å². The Balaban J connectivity index is 1.18. The van der Waals surface area contributed by atoms with Crippen LogP contribution in [0.15, 0.2) is 24.3 Å². The normalized spacial score (nSPS) is 21.0. The fraction of sp³-hybridized carbons (Fsp3) is 0.680. The van der Waals surface area contributed by atoms with E-state index in [0.717, 1.165) is 64.1 Å². The first-order valence-electron chi connectivity index (χ1n) is 12.4. The van der Waals surface area contributed by atoms with E-state index in [9.17, 15) is 9.59 Å². The predicted molar refractivity (Wildman–Crippen MR) is 128 cm³/mol. The second-order valence-corrected chi connectivity index (χ2v) is 9.92. The van der Waals surface area contributed by atoms with Gasteiger partial charge in [0.1, 0.15) is 0 Å². The summed E-state index contributed by atoms with van der Waals surface area (Å²) >= 11 is 0. The van der Waals surface area contributed by atoms with Crippen LogP contribution in [0.2, 0.25) is 0 Å². The Labute approximate surface area is 192 Å². The lowest BCUT2D eigenvalue weighted by atomic mass is 9.91. The van der Waals surface area contributed by atoms with E-state index in [2.05, 4.69) is 38.8 Å². The number of benzene rings is 1. The number of carbonyl (C=O) groups excluding carboxylic acids is 2. The second kappa shape index (κ2) is 10.7. The van der Waals surface area contributed by atoms with Crippen LogP contribution in [-0.2, 0) is 4.79 Å². The van der Waals surface area contributed by atoms with Crippen LogP contribution in [-0.4, -0.2) is 98.0 Å². The molecule has 4 rings (SSSR count). The number of amides is 2. The fourth-order valence-electron chi connectivity index (χ4n) is 4.77. The van der Waals surface area contributed by atoms with Crippen LogP contribution >= 0.6 is 0 Å². The molecule has 2 saturated heterocycles. The Kier molecular flexibility index (Phi) is 7.68. The van der Waals surface area contributed by atoms with Crippen LogP contribution in [0, 0.1) is 5.92 Å². The van der Waals surface area contributed by atoms with Gasteiger partial charge in [0.2, 0.25) is 5.91 Å². The van der Waals surface area contributed by atoms with Crippen LogP contribution < -0.4 is 10.2 Å². The number of rotatable bonds is 7. The molecule has 7 nitrogen and oxygen atoms in total. The summed E-state index contributed by atoms with van der Waals surface area (Å²) in [6, 6.07) is 8.66. The molecular formula is C25H39N5O2. The molecule has 32 heavy (non-hydrogen) atoms. The van der Waals surface area contributed by atoms with Crippen LogP contribution in [0.5, 0.6) is 0 Å². The first-order valence-corrected chi connectivity index (χ1v) is 12.4. The Morgan fingerprint density at radius 2 is 1.59 bits per heavy atom. The molecule has 1 aromatic rings. The number of hydrogen-bond acceptors (Lipinski definition) is 5. The Hall–Kier alpha value is -2.12. The lowest BCUT2D eigenvalue weighted by Crippen LogP contribution is -2.56. The SMILES string of the molecule is CC(C)CNC(=O)c1ccc(N2CCN(CC(=O)N3CCN(C4CCC4)CC3)CC2)cc1. The van der Waals surface area contributed by atoms with Crippen molar-refractivity contribution in [3.05, 3.63) is 29.8 Å². The van der Waals surface area contributed by atoms with E-state index >= 15 is 0 Å². The molecule has 2 heterocycles. The van der Waals surface area contributed by atoms with Gasteiger partial charge in [0.25, 0.3) is 5.91 Å². The van der Waals surface area contributed by atoms with Crippen LogP contribution in [0.3, 0.4) is 0 Å². The summed E-state index contributed by atoms with van der Waals surface area (Å²) < 4.78 is 0. The van der Waals surface area contributed by atoms with E-state index in [1.165, 1.54) is 19.3 Å². The first-order chi connectivity index (χ1) is 15.5. The maximum atomic E-state index is 12.8. The van der Waals surface area contributed by atoms with Crippen LogP contribution in [0.25, 0.3) is 0 Å². The first kappa shape index (κ1) is 23.1. The third-order valence-corrected chi connectivity index (χ3v) is 7.15. The van der Waals surface area contributed by atoms with Gasteiger partial charge in [-0.2, -0.15) is 0 Å². The van der Waals surface area contributed by atoms with E-state index in [1.54, 1.807) is 0 Å². The van der Waals surface area contributed by atoms with Crippen molar-refractivity contribution >= 4 is 17.5 Å². The largest absolute Gasteiger partial charge is 0.369 e. The molecule has 0 unspecified atom stereocenters. The van der Waals surface area contributed by atoms with Crippen LogP contribution in [0.4, 0.5) is 5.69 Å².